The van der Waals surface area contributed by atoms with Gasteiger partial charge in [0, 0.05) is 50.3 Å². The molecule has 5 heteroatoms. The van der Waals surface area contributed by atoms with Gasteiger partial charge in [-0.05, 0) is 42.2 Å². The van der Waals surface area contributed by atoms with E-state index in [0.29, 0.717) is 12.5 Å². The summed E-state index contributed by atoms with van der Waals surface area (Å²) in [6.07, 6.45) is 9.06. The second-order valence-corrected chi connectivity index (χ2v) is 5.56. The lowest BCUT2D eigenvalue weighted by Crippen LogP contribution is -2.39. The van der Waals surface area contributed by atoms with Gasteiger partial charge in [-0.3, -0.25) is 9.97 Å². The first kappa shape index (κ1) is 14.5. The average Bonchev–Trinajstić information content (AvgIpc) is 3.07. The first-order valence-corrected chi connectivity index (χ1v) is 7.64. The van der Waals surface area contributed by atoms with Crippen molar-refractivity contribution in [2.45, 2.75) is 18.8 Å². The Labute approximate surface area is 130 Å². The molecule has 1 aliphatic rings. The van der Waals surface area contributed by atoms with Crippen molar-refractivity contribution < 1.29 is 4.79 Å². The molecule has 1 N–H and O–H groups in total. The second kappa shape index (κ2) is 7.02. The number of carbonyl (C=O) groups is 1. The van der Waals surface area contributed by atoms with Crippen molar-refractivity contribution in [2.75, 3.05) is 19.6 Å². The number of nitrogens with zero attached hydrogens (tertiary/aromatic N) is 3. The van der Waals surface area contributed by atoms with Crippen molar-refractivity contribution in [1.82, 2.24) is 20.2 Å². The van der Waals surface area contributed by atoms with E-state index in [-0.39, 0.29) is 6.03 Å². The van der Waals surface area contributed by atoms with Gasteiger partial charge in [0.05, 0.1) is 0 Å². The molecule has 3 heterocycles. The van der Waals surface area contributed by atoms with Gasteiger partial charge in [-0.1, -0.05) is 6.07 Å². The predicted octanol–water partition coefficient (Wildman–Crippen LogP) is 2.22. The summed E-state index contributed by atoms with van der Waals surface area (Å²) >= 11 is 0. The van der Waals surface area contributed by atoms with Crippen LogP contribution in [-0.2, 0) is 6.42 Å². The zero-order valence-corrected chi connectivity index (χ0v) is 12.5. The molecule has 22 heavy (non-hydrogen) atoms. The molecule has 2 amide bonds. The highest BCUT2D eigenvalue weighted by Gasteiger charge is 2.27. The minimum absolute atomic E-state index is 0.0282. The van der Waals surface area contributed by atoms with Crippen molar-refractivity contribution in [2.24, 2.45) is 0 Å². The van der Waals surface area contributed by atoms with Gasteiger partial charge in [-0.2, -0.15) is 0 Å². The lowest BCUT2D eigenvalue weighted by atomic mass is 10.0. The van der Waals surface area contributed by atoms with Crippen LogP contribution in [0.25, 0.3) is 0 Å². The van der Waals surface area contributed by atoms with Crippen LogP contribution in [0.3, 0.4) is 0 Å². The Bertz CT molecular complexity index is 603. The molecule has 2 aromatic heterocycles. The number of likely N-dealkylation sites (tertiary alicyclic amines) is 1. The maximum Gasteiger partial charge on any atom is 0.317 e. The fraction of sp³-hybridized carbons (Fsp3) is 0.353. The largest absolute Gasteiger partial charge is 0.338 e. The van der Waals surface area contributed by atoms with E-state index >= 15 is 0 Å². The lowest BCUT2D eigenvalue weighted by Gasteiger charge is -2.17. The Morgan fingerprint density at radius 1 is 1.23 bits per heavy atom. The van der Waals surface area contributed by atoms with E-state index in [1.165, 1.54) is 11.1 Å². The van der Waals surface area contributed by atoms with Gasteiger partial charge in [0.15, 0.2) is 0 Å². The van der Waals surface area contributed by atoms with E-state index in [2.05, 4.69) is 21.4 Å². The quantitative estimate of drug-likeness (QED) is 0.941. The lowest BCUT2D eigenvalue weighted by molar-refractivity contribution is 0.208. The van der Waals surface area contributed by atoms with Crippen molar-refractivity contribution in [3.63, 3.8) is 0 Å². The Morgan fingerprint density at radius 2 is 2.09 bits per heavy atom. The topological polar surface area (TPSA) is 58.1 Å². The summed E-state index contributed by atoms with van der Waals surface area (Å²) < 4.78 is 0. The smallest absolute Gasteiger partial charge is 0.317 e. The molecule has 5 nitrogen and oxygen atoms in total. The molecule has 0 radical (unpaired) electrons. The molecule has 0 aromatic carbocycles. The molecule has 3 rings (SSSR count). The van der Waals surface area contributed by atoms with Crippen molar-refractivity contribution in [3.05, 3.63) is 60.2 Å². The van der Waals surface area contributed by atoms with Crippen molar-refractivity contribution in [3.8, 4) is 0 Å². The third kappa shape index (κ3) is 3.61. The van der Waals surface area contributed by atoms with Crippen LogP contribution in [0, 0.1) is 0 Å². The molecular formula is C17H20N4O. The fourth-order valence-electron chi connectivity index (χ4n) is 2.81. The number of amides is 2. The van der Waals surface area contributed by atoms with Gasteiger partial charge in [-0.15, -0.1) is 0 Å². The standard InChI is InChI=1S/C17H20N4O/c22-17(20-10-5-14-3-8-18-9-4-14)21-11-6-16(13-21)15-2-1-7-19-12-15/h1-4,7-9,12,16H,5-6,10-11,13H2,(H,20,22). The minimum Gasteiger partial charge on any atom is -0.338 e. The number of urea groups is 1. The third-order valence-corrected chi connectivity index (χ3v) is 4.07. The molecule has 1 unspecified atom stereocenters. The molecule has 1 atom stereocenters. The SMILES string of the molecule is O=C(NCCc1ccncc1)N1CCC(c2cccnc2)C1. The monoisotopic (exact) mass is 296 g/mol. The van der Waals surface area contributed by atoms with Crippen LogP contribution in [0.1, 0.15) is 23.5 Å². The first-order valence-electron chi connectivity index (χ1n) is 7.64. The Morgan fingerprint density at radius 3 is 2.86 bits per heavy atom. The average molecular weight is 296 g/mol. The second-order valence-electron chi connectivity index (χ2n) is 5.56. The first-order chi connectivity index (χ1) is 10.8. The number of rotatable bonds is 4. The highest BCUT2D eigenvalue weighted by atomic mass is 16.2. The summed E-state index contributed by atoms with van der Waals surface area (Å²) in [7, 11) is 0. The number of hydrogen-bond acceptors (Lipinski definition) is 3. The van der Waals surface area contributed by atoms with Gasteiger partial charge < -0.3 is 10.2 Å². The van der Waals surface area contributed by atoms with Crippen LogP contribution in [0.15, 0.2) is 49.1 Å². The maximum atomic E-state index is 12.2. The molecule has 0 aliphatic carbocycles. The van der Waals surface area contributed by atoms with Crippen LogP contribution in [0.4, 0.5) is 4.79 Å². The van der Waals surface area contributed by atoms with E-state index in [0.717, 1.165) is 25.9 Å². The third-order valence-electron chi connectivity index (χ3n) is 4.07. The summed E-state index contributed by atoms with van der Waals surface area (Å²) in [6.45, 7) is 2.23. The summed E-state index contributed by atoms with van der Waals surface area (Å²) in [4.78, 5) is 22.2. The van der Waals surface area contributed by atoms with Gasteiger partial charge in [0.2, 0.25) is 0 Å². The summed E-state index contributed by atoms with van der Waals surface area (Å²) in [6, 6.07) is 8.01. The van der Waals surface area contributed by atoms with E-state index < -0.39 is 0 Å². The molecule has 1 fully saturated rings. The van der Waals surface area contributed by atoms with Crippen LogP contribution in [0.2, 0.25) is 0 Å². The van der Waals surface area contributed by atoms with Crippen molar-refractivity contribution in [1.29, 1.82) is 0 Å². The molecule has 2 aromatic rings. The molecule has 0 saturated carbocycles. The van der Waals surface area contributed by atoms with Crippen molar-refractivity contribution >= 4 is 6.03 Å². The van der Waals surface area contributed by atoms with Crippen LogP contribution >= 0.6 is 0 Å². The van der Waals surface area contributed by atoms with E-state index in [9.17, 15) is 4.79 Å². The molecule has 114 valence electrons. The predicted molar refractivity (Wildman–Crippen MR) is 84.5 cm³/mol. The number of aromatic nitrogens is 2. The Kier molecular flexibility index (Phi) is 4.63. The Hall–Kier alpha value is -2.43. The van der Waals surface area contributed by atoms with E-state index in [1.807, 2.05) is 29.3 Å². The Balaban J connectivity index is 1.46. The summed E-state index contributed by atoms with van der Waals surface area (Å²) in [5, 5.41) is 3.00. The van der Waals surface area contributed by atoms with Gasteiger partial charge in [0.25, 0.3) is 0 Å². The van der Waals surface area contributed by atoms with Gasteiger partial charge in [-0.25, -0.2) is 4.79 Å². The highest BCUT2D eigenvalue weighted by Crippen LogP contribution is 2.26. The number of nitrogens with one attached hydrogen (secondary N) is 1. The normalized spacial score (nSPS) is 17.5. The van der Waals surface area contributed by atoms with E-state index in [4.69, 9.17) is 0 Å². The minimum atomic E-state index is 0.0282. The molecule has 0 spiro atoms. The molecule has 0 bridgehead atoms. The number of pyridine rings is 2. The maximum absolute atomic E-state index is 12.2. The van der Waals surface area contributed by atoms with Crippen LogP contribution in [-0.4, -0.2) is 40.5 Å². The van der Waals surface area contributed by atoms with E-state index in [1.54, 1.807) is 18.6 Å². The molecule has 1 saturated heterocycles. The van der Waals surface area contributed by atoms with Crippen LogP contribution < -0.4 is 5.32 Å². The van der Waals surface area contributed by atoms with Crippen LogP contribution in [0.5, 0.6) is 0 Å². The summed E-state index contributed by atoms with van der Waals surface area (Å²) in [5.74, 6) is 0.402. The van der Waals surface area contributed by atoms with Gasteiger partial charge >= 0.3 is 6.03 Å². The molecule has 1 aliphatic heterocycles. The van der Waals surface area contributed by atoms with Gasteiger partial charge in [0.1, 0.15) is 0 Å². The summed E-state index contributed by atoms with van der Waals surface area (Å²) in [5.41, 5.74) is 2.40. The highest BCUT2D eigenvalue weighted by molar-refractivity contribution is 5.74. The number of hydrogen-bond donors (Lipinski definition) is 1. The zero-order valence-electron chi connectivity index (χ0n) is 12.5. The molecular weight excluding hydrogens is 276 g/mol. The fourth-order valence-corrected chi connectivity index (χ4v) is 2.81. The zero-order chi connectivity index (χ0) is 15.2. The number of carbonyl (C=O) groups excluding carboxylic acids is 1.